The van der Waals surface area contributed by atoms with E-state index in [4.69, 9.17) is 11.5 Å². The standard InChI is InChI=1S/C17H20N6O/c18-17(19)21-8-4-3-7-20-16(24)14-9-12-11-5-1-2-6-13(11)23-15(12)10-22-14/h1-2,5-6,9-10,23H,3-4,7-8H2,(H,20,24)(H4,18,19,21). The van der Waals surface area contributed by atoms with E-state index in [9.17, 15) is 4.79 Å². The molecule has 0 saturated heterocycles. The third-order valence-corrected chi connectivity index (χ3v) is 3.79. The van der Waals surface area contributed by atoms with Crippen LogP contribution in [0.1, 0.15) is 23.3 Å². The van der Waals surface area contributed by atoms with Crippen molar-refractivity contribution in [3.8, 4) is 0 Å². The van der Waals surface area contributed by atoms with Gasteiger partial charge in [0.15, 0.2) is 5.96 Å². The summed E-state index contributed by atoms with van der Waals surface area (Å²) in [6, 6.07) is 9.81. The Kier molecular flexibility index (Phi) is 4.60. The van der Waals surface area contributed by atoms with E-state index in [1.54, 1.807) is 6.20 Å². The van der Waals surface area contributed by atoms with Gasteiger partial charge in [0.05, 0.1) is 11.7 Å². The zero-order valence-electron chi connectivity index (χ0n) is 13.2. The molecule has 3 rings (SSSR count). The first-order valence-electron chi connectivity index (χ1n) is 7.85. The van der Waals surface area contributed by atoms with Crippen molar-refractivity contribution in [1.29, 1.82) is 0 Å². The molecule has 0 spiro atoms. The summed E-state index contributed by atoms with van der Waals surface area (Å²) in [5.41, 5.74) is 12.9. The summed E-state index contributed by atoms with van der Waals surface area (Å²) < 4.78 is 0. The second-order valence-electron chi connectivity index (χ2n) is 5.56. The molecule has 1 amide bonds. The molecule has 0 radical (unpaired) electrons. The molecule has 124 valence electrons. The summed E-state index contributed by atoms with van der Waals surface area (Å²) in [5, 5.41) is 4.95. The zero-order valence-corrected chi connectivity index (χ0v) is 13.2. The summed E-state index contributed by atoms with van der Waals surface area (Å²) >= 11 is 0. The van der Waals surface area contributed by atoms with Crippen LogP contribution in [-0.4, -0.2) is 34.9 Å². The van der Waals surface area contributed by atoms with Gasteiger partial charge in [-0.25, -0.2) is 4.98 Å². The quantitative estimate of drug-likeness (QED) is 0.312. The van der Waals surface area contributed by atoms with Crippen LogP contribution in [0.4, 0.5) is 0 Å². The van der Waals surface area contributed by atoms with Crippen LogP contribution in [0.2, 0.25) is 0 Å². The number of nitrogens with zero attached hydrogens (tertiary/aromatic N) is 2. The SMILES string of the molecule is NC(N)=NCCCCNC(=O)c1cc2c(cn1)[nH]c1ccccc12. The molecule has 2 heterocycles. The van der Waals surface area contributed by atoms with E-state index in [2.05, 4.69) is 20.3 Å². The number of hydrogen-bond acceptors (Lipinski definition) is 3. The molecule has 2 aromatic heterocycles. The molecule has 0 bridgehead atoms. The Bertz CT molecular complexity index is 894. The highest BCUT2D eigenvalue weighted by Crippen LogP contribution is 2.24. The van der Waals surface area contributed by atoms with Gasteiger partial charge in [-0.2, -0.15) is 0 Å². The maximum Gasteiger partial charge on any atom is 0.269 e. The van der Waals surface area contributed by atoms with E-state index < -0.39 is 0 Å². The van der Waals surface area contributed by atoms with Gasteiger partial charge in [0, 0.05) is 29.4 Å². The topological polar surface area (TPSA) is 122 Å². The largest absolute Gasteiger partial charge is 0.370 e. The van der Waals surface area contributed by atoms with Crippen molar-refractivity contribution in [2.45, 2.75) is 12.8 Å². The van der Waals surface area contributed by atoms with Gasteiger partial charge >= 0.3 is 0 Å². The molecule has 0 unspecified atom stereocenters. The number of unbranched alkanes of at least 4 members (excludes halogenated alkanes) is 1. The molecule has 7 nitrogen and oxygen atoms in total. The summed E-state index contributed by atoms with van der Waals surface area (Å²) in [4.78, 5) is 23.7. The van der Waals surface area contributed by atoms with Crippen LogP contribution in [0.3, 0.4) is 0 Å². The number of aliphatic imine (C=N–C) groups is 1. The number of para-hydroxylation sites is 1. The molecule has 24 heavy (non-hydrogen) atoms. The Balaban J connectivity index is 1.65. The van der Waals surface area contributed by atoms with Gasteiger partial charge in [-0.05, 0) is 25.0 Å². The number of guanidine groups is 1. The Morgan fingerprint density at radius 3 is 2.83 bits per heavy atom. The van der Waals surface area contributed by atoms with Crippen LogP contribution in [0.15, 0.2) is 41.5 Å². The van der Waals surface area contributed by atoms with Crippen molar-refractivity contribution in [3.63, 3.8) is 0 Å². The average Bonchev–Trinajstić information content (AvgIpc) is 2.95. The Hall–Kier alpha value is -3.09. The molecule has 0 aliphatic heterocycles. The lowest BCUT2D eigenvalue weighted by Gasteiger charge is -2.04. The van der Waals surface area contributed by atoms with Gasteiger partial charge in [-0.1, -0.05) is 18.2 Å². The van der Waals surface area contributed by atoms with Crippen LogP contribution in [0.25, 0.3) is 21.8 Å². The number of hydrogen-bond donors (Lipinski definition) is 4. The first-order valence-corrected chi connectivity index (χ1v) is 7.85. The van der Waals surface area contributed by atoms with E-state index >= 15 is 0 Å². The molecule has 3 aromatic rings. The highest BCUT2D eigenvalue weighted by Gasteiger charge is 2.10. The number of rotatable bonds is 6. The minimum Gasteiger partial charge on any atom is -0.370 e. The van der Waals surface area contributed by atoms with E-state index in [1.807, 2.05) is 30.3 Å². The maximum atomic E-state index is 12.2. The fourth-order valence-corrected chi connectivity index (χ4v) is 2.61. The lowest BCUT2D eigenvalue weighted by Crippen LogP contribution is -2.25. The number of nitrogens with two attached hydrogens (primary N) is 2. The van der Waals surface area contributed by atoms with Crippen LogP contribution < -0.4 is 16.8 Å². The highest BCUT2D eigenvalue weighted by molar-refractivity contribution is 6.09. The molecule has 6 N–H and O–H groups in total. The maximum absolute atomic E-state index is 12.2. The van der Waals surface area contributed by atoms with Crippen molar-refractivity contribution < 1.29 is 4.79 Å². The van der Waals surface area contributed by atoms with Crippen molar-refractivity contribution in [2.75, 3.05) is 13.1 Å². The third kappa shape index (κ3) is 3.45. The van der Waals surface area contributed by atoms with E-state index in [-0.39, 0.29) is 11.9 Å². The average molecular weight is 324 g/mol. The number of aromatic amines is 1. The summed E-state index contributed by atoms with van der Waals surface area (Å²) in [6.07, 6.45) is 3.31. The van der Waals surface area contributed by atoms with Gasteiger partial charge in [0.25, 0.3) is 5.91 Å². The molecule has 0 atom stereocenters. The lowest BCUT2D eigenvalue weighted by atomic mass is 10.1. The molecular weight excluding hydrogens is 304 g/mol. The summed E-state index contributed by atoms with van der Waals surface area (Å²) in [6.45, 7) is 1.13. The number of aromatic nitrogens is 2. The van der Waals surface area contributed by atoms with Crippen molar-refractivity contribution in [2.24, 2.45) is 16.5 Å². The minimum absolute atomic E-state index is 0.0928. The van der Waals surface area contributed by atoms with Gasteiger partial charge in [0.2, 0.25) is 0 Å². The Morgan fingerprint density at radius 2 is 2.00 bits per heavy atom. The first-order chi connectivity index (χ1) is 11.6. The number of H-pyrrole nitrogens is 1. The predicted molar refractivity (Wildman–Crippen MR) is 95.8 cm³/mol. The van der Waals surface area contributed by atoms with Gasteiger partial charge in [0.1, 0.15) is 5.69 Å². The van der Waals surface area contributed by atoms with Crippen LogP contribution >= 0.6 is 0 Å². The van der Waals surface area contributed by atoms with Crippen molar-refractivity contribution in [3.05, 3.63) is 42.2 Å². The monoisotopic (exact) mass is 324 g/mol. The van der Waals surface area contributed by atoms with E-state index in [1.165, 1.54) is 0 Å². The second-order valence-corrected chi connectivity index (χ2v) is 5.56. The molecule has 7 heteroatoms. The van der Waals surface area contributed by atoms with Gasteiger partial charge < -0.3 is 21.8 Å². The fraction of sp³-hybridized carbons (Fsp3) is 0.235. The highest BCUT2D eigenvalue weighted by atomic mass is 16.1. The molecule has 0 aliphatic carbocycles. The molecule has 0 fully saturated rings. The summed E-state index contributed by atoms with van der Waals surface area (Å²) in [5.74, 6) is -0.0840. The molecule has 0 aliphatic rings. The van der Waals surface area contributed by atoms with E-state index in [0.29, 0.717) is 18.8 Å². The zero-order chi connectivity index (χ0) is 16.9. The molecular formula is C17H20N6O. The number of amides is 1. The number of pyridine rings is 1. The number of benzene rings is 1. The minimum atomic E-state index is -0.177. The Morgan fingerprint density at radius 1 is 1.17 bits per heavy atom. The third-order valence-electron chi connectivity index (χ3n) is 3.79. The predicted octanol–water partition coefficient (Wildman–Crippen LogP) is 1.50. The molecule has 1 aromatic carbocycles. The normalized spacial score (nSPS) is 10.8. The molecule has 0 saturated carbocycles. The van der Waals surface area contributed by atoms with Crippen LogP contribution in [0, 0.1) is 0 Å². The Labute approximate surface area is 139 Å². The smallest absolute Gasteiger partial charge is 0.269 e. The lowest BCUT2D eigenvalue weighted by molar-refractivity contribution is 0.0948. The van der Waals surface area contributed by atoms with E-state index in [0.717, 1.165) is 34.6 Å². The van der Waals surface area contributed by atoms with Crippen LogP contribution in [0.5, 0.6) is 0 Å². The number of carbonyl (C=O) groups is 1. The van der Waals surface area contributed by atoms with Crippen molar-refractivity contribution >= 4 is 33.7 Å². The van der Waals surface area contributed by atoms with Crippen LogP contribution in [-0.2, 0) is 0 Å². The number of fused-ring (bicyclic) bond motifs is 3. The van der Waals surface area contributed by atoms with Crippen molar-refractivity contribution in [1.82, 2.24) is 15.3 Å². The summed E-state index contributed by atoms with van der Waals surface area (Å²) in [7, 11) is 0. The first kappa shape index (κ1) is 15.8. The van der Waals surface area contributed by atoms with Gasteiger partial charge in [-0.15, -0.1) is 0 Å². The van der Waals surface area contributed by atoms with Gasteiger partial charge in [-0.3, -0.25) is 9.79 Å². The second kappa shape index (κ2) is 6.99. The fourth-order valence-electron chi connectivity index (χ4n) is 2.61. The number of carbonyl (C=O) groups excluding carboxylic acids is 1. The number of nitrogens with one attached hydrogen (secondary N) is 2.